The number of nitrogen functional groups attached to an aromatic ring is 1. The highest BCUT2D eigenvalue weighted by Crippen LogP contribution is 2.32. The molecule has 2 bridgehead atoms. The zero-order valence-electron chi connectivity index (χ0n) is 12.9. The van der Waals surface area contributed by atoms with Crippen molar-refractivity contribution < 1.29 is 4.79 Å². The first-order valence-corrected chi connectivity index (χ1v) is 7.93. The minimum atomic E-state index is -0.0242. The number of fused-ring (bicyclic) bond motifs is 2. The van der Waals surface area contributed by atoms with E-state index in [1.165, 1.54) is 19.3 Å². The number of rotatable bonds is 2. The van der Waals surface area contributed by atoms with E-state index in [-0.39, 0.29) is 11.9 Å². The average molecular weight is 287 g/mol. The molecule has 0 saturated carbocycles. The van der Waals surface area contributed by atoms with E-state index in [0.29, 0.717) is 23.3 Å². The number of hydrogen-bond donors (Lipinski definition) is 2. The van der Waals surface area contributed by atoms with Crippen molar-refractivity contribution in [3.8, 4) is 0 Å². The van der Waals surface area contributed by atoms with Crippen molar-refractivity contribution in [1.82, 2.24) is 10.2 Å². The van der Waals surface area contributed by atoms with Gasteiger partial charge >= 0.3 is 0 Å². The molecule has 4 nitrogen and oxygen atoms in total. The Bertz CT molecular complexity index is 529. The standard InChI is InChI=1S/C17H25N3O/c1-11-6-7-16(18)15(8-11)17(21)19-12-9-13-4-3-5-14(10-12)20(13)2/h6-8,12-14H,3-5,9-10,18H2,1-2H3,(H,19,21). The molecule has 2 fully saturated rings. The molecular formula is C17H25N3O. The minimum absolute atomic E-state index is 0.0242. The van der Waals surface area contributed by atoms with Gasteiger partial charge in [0.2, 0.25) is 0 Å². The normalized spacial score (nSPS) is 29.1. The summed E-state index contributed by atoms with van der Waals surface area (Å²) in [5.74, 6) is -0.0242. The summed E-state index contributed by atoms with van der Waals surface area (Å²) in [5.41, 5.74) is 8.18. The van der Waals surface area contributed by atoms with Gasteiger partial charge in [-0.1, -0.05) is 18.1 Å². The average Bonchev–Trinajstić information content (AvgIpc) is 2.42. The molecule has 1 aromatic rings. The van der Waals surface area contributed by atoms with Crippen molar-refractivity contribution in [1.29, 1.82) is 0 Å². The quantitative estimate of drug-likeness (QED) is 0.821. The van der Waals surface area contributed by atoms with Gasteiger partial charge in [-0.25, -0.2) is 0 Å². The Morgan fingerprint density at radius 1 is 1.29 bits per heavy atom. The third-order valence-corrected chi connectivity index (χ3v) is 5.13. The van der Waals surface area contributed by atoms with Crippen LogP contribution >= 0.6 is 0 Å². The molecule has 1 amide bonds. The summed E-state index contributed by atoms with van der Waals surface area (Å²) in [4.78, 5) is 15.0. The highest BCUT2D eigenvalue weighted by atomic mass is 16.1. The van der Waals surface area contributed by atoms with Crippen LogP contribution in [0.15, 0.2) is 18.2 Å². The molecule has 1 aromatic carbocycles. The highest BCUT2D eigenvalue weighted by molar-refractivity contribution is 5.99. The maximum atomic E-state index is 12.5. The van der Waals surface area contributed by atoms with Crippen LogP contribution in [0.5, 0.6) is 0 Å². The Kier molecular flexibility index (Phi) is 3.89. The van der Waals surface area contributed by atoms with E-state index in [0.717, 1.165) is 18.4 Å². The first-order valence-electron chi connectivity index (χ1n) is 7.93. The van der Waals surface area contributed by atoms with E-state index in [4.69, 9.17) is 5.73 Å². The van der Waals surface area contributed by atoms with Crippen LogP contribution in [0.25, 0.3) is 0 Å². The molecule has 2 heterocycles. The fourth-order valence-corrected chi connectivity index (χ4v) is 3.86. The Morgan fingerprint density at radius 2 is 1.95 bits per heavy atom. The summed E-state index contributed by atoms with van der Waals surface area (Å²) in [6.07, 6.45) is 5.96. The molecule has 3 rings (SSSR count). The molecule has 2 saturated heterocycles. The number of hydrogen-bond acceptors (Lipinski definition) is 3. The number of anilines is 1. The largest absolute Gasteiger partial charge is 0.398 e. The predicted octanol–water partition coefficient (Wildman–Crippen LogP) is 2.32. The summed E-state index contributed by atoms with van der Waals surface area (Å²) in [6.45, 7) is 1.98. The minimum Gasteiger partial charge on any atom is -0.398 e. The van der Waals surface area contributed by atoms with Gasteiger partial charge in [0.05, 0.1) is 5.56 Å². The van der Waals surface area contributed by atoms with Gasteiger partial charge in [0.25, 0.3) is 5.91 Å². The Labute approximate surface area is 126 Å². The van der Waals surface area contributed by atoms with E-state index in [1.54, 1.807) is 0 Å². The van der Waals surface area contributed by atoms with Crippen LogP contribution < -0.4 is 11.1 Å². The van der Waals surface area contributed by atoms with E-state index in [2.05, 4.69) is 17.3 Å². The fraction of sp³-hybridized carbons (Fsp3) is 0.588. The molecule has 2 aliphatic heterocycles. The van der Waals surface area contributed by atoms with Gasteiger partial charge in [-0.3, -0.25) is 4.79 Å². The number of carbonyl (C=O) groups excluding carboxylic acids is 1. The maximum Gasteiger partial charge on any atom is 0.253 e. The second-order valence-corrected chi connectivity index (χ2v) is 6.64. The van der Waals surface area contributed by atoms with Gasteiger partial charge < -0.3 is 16.0 Å². The van der Waals surface area contributed by atoms with Crippen LogP contribution in [0.1, 0.15) is 48.0 Å². The van der Waals surface area contributed by atoms with Crippen molar-refractivity contribution in [2.75, 3.05) is 12.8 Å². The van der Waals surface area contributed by atoms with Crippen LogP contribution in [0, 0.1) is 6.92 Å². The summed E-state index contributed by atoms with van der Waals surface area (Å²) in [6, 6.07) is 7.15. The molecule has 0 aliphatic carbocycles. The molecule has 0 aromatic heterocycles. The monoisotopic (exact) mass is 287 g/mol. The number of amides is 1. The van der Waals surface area contributed by atoms with Crippen molar-refractivity contribution in [2.24, 2.45) is 0 Å². The second kappa shape index (κ2) is 5.68. The van der Waals surface area contributed by atoms with Gasteiger partial charge in [-0.15, -0.1) is 0 Å². The SMILES string of the molecule is Cc1ccc(N)c(C(=O)NC2CC3CCCC(C2)N3C)c1. The zero-order valence-corrected chi connectivity index (χ0v) is 12.9. The van der Waals surface area contributed by atoms with Crippen LogP contribution in [-0.4, -0.2) is 36.0 Å². The Hall–Kier alpha value is -1.55. The van der Waals surface area contributed by atoms with Gasteiger partial charge in [-0.2, -0.15) is 0 Å². The highest BCUT2D eigenvalue weighted by Gasteiger charge is 2.36. The Morgan fingerprint density at radius 3 is 2.62 bits per heavy atom. The van der Waals surface area contributed by atoms with E-state index in [9.17, 15) is 4.79 Å². The first-order chi connectivity index (χ1) is 10.0. The Balaban J connectivity index is 1.69. The lowest BCUT2D eigenvalue weighted by atomic mass is 9.82. The third-order valence-electron chi connectivity index (χ3n) is 5.13. The number of nitrogens with zero attached hydrogens (tertiary/aromatic N) is 1. The number of piperidine rings is 2. The molecule has 2 aliphatic rings. The van der Waals surface area contributed by atoms with Crippen molar-refractivity contribution in [3.05, 3.63) is 29.3 Å². The van der Waals surface area contributed by atoms with Gasteiger partial charge in [-0.05, 0) is 51.8 Å². The summed E-state index contributed by atoms with van der Waals surface area (Å²) >= 11 is 0. The predicted molar refractivity (Wildman–Crippen MR) is 85.3 cm³/mol. The van der Waals surface area contributed by atoms with Gasteiger partial charge in [0, 0.05) is 23.8 Å². The summed E-state index contributed by atoms with van der Waals surface area (Å²) in [7, 11) is 2.23. The smallest absolute Gasteiger partial charge is 0.253 e. The van der Waals surface area contributed by atoms with Crippen LogP contribution in [0.2, 0.25) is 0 Å². The molecule has 0 radical (unpaired) electrons. The molecule has 4 heteroatoms. The number of nitrogens with two attached hydrogens (primary N) is 1. The van der Waals surface area contributed by atoms with Crippen molar-refractivity contribution in [3.63, 3.8) is 0 Å². The van der Waals surface area contributed by atoms with Crippen LogP contribution in [-0.2, 0) is 0 Å². The lowest BCUT2D eigenvalue weighted by Gasteiger charge is -2.47. The molecule has 0 spiro atoms. The third kappa shape index (κ3) is 2.91. The van der Waals surface area contributed by atoms with E-state index >= 15 is 0 Å². The maximum absolute atomic E-state index is 12.5. The lowest BCUT2D eigenvalue weighted by Crippen LogP contribution is -2.55. The van der Waals surface area contributed by atoms with E-state index in [1.807, 2.05) is 25.1 Å². The number of carbonyl (C=O) groups is 1. The molecule has 2 atom stereocenters. The number of aryl methyl sites for hydroxylation is 1. The summed E-state index contributed by atoms with van der Waals surface area (Å²) in [5, 5.41) is 3.21. The molecule has 3 N–H and O–H groups in total. The molecule has 114 valence electrons. The van der Waals surface area contributed by atoms with E-state index < -0.39 is 0 Å². The van der Waals surface area contributed by atoms with Crippen molar-refractivity contribution >= 4 is 11.6 Å². The zero-order chi connectivity index (χ0) is 15.0. The van der Waals surface area contributed by atoms with Gasteiger partial charge in [0.15, 0.2) is 0 Å². The topological polar surface area (TPSA) is 58.4 Å². The molecular weight excluding hydrogens is 262 g/mol. The van der Waals surface area contributed by atoms with Gasteiger partial charge in [0.1, 0.15) is 0 Å². The summed E-state index contributed by atoms with van der Waals surface area (Å²) < 4.78 is 0. The molecule has 21 heavy (non-hydrogen) atoms. The lowest BCUT2D eigenvalue weighted by molar-refractivity contribution is 0.0463. The fourth-order valence-electron chi connectivity index (χ4n) is 3.86. The number of benzene rings is 1. The van der Waals surface area contributed by atoms with Crippen LogP contribution in [0.4, 0.5) is 5.69 Å². The first kappa shape index (κ1) is 14.4. The van der Waals surface area contributed by atoms with Crippen molar-refractivity contribution in [2.45, 2.75) is 57.2 Å². The second-order valence-electron chi connectivity index (χ2n) is 6.64. The molecule has 2 unspecified atom stereocenters. The number of nitrogens with one attached hydrogen (secondary N) is 1. The van der Waals surface area contributed by atoms with Crippen LogP contribution in [0.3, 0.4) is 0 Å².